The molecule has 3 rings (SSSR count). The summed E-state index contributed by atoms with van der Waals surface area (Å²) in [6.07, 6.45) is 5.46. The van der Waals surface area contributed by atoms with Crippen LogP contribution in [0.25, 0.3) is 16.8 Å². The predicted molar refractivity (Wildman–Crippen MR) is 106 cm³/mol. The summed E-state index contributed by atoms with van der Waals surface area (Å²) in [6.45, 7) is 4.10. The van der Waals surface area contributed by atoms with Crippen molar-refractivity contribution in [3.8, 4) is 11.3 Å². The minimum Gasteiger partial charge on any atom is -0.512 e. The molecule has 2 aromatic rings. The van der Waals surface area contributed by atoms with Gasteiger partial charge in [-0.15, -0.1) is 0 Å². The fraction of sp³-hybridized carbons (Fsp3) is 0.364. The van der Waals surface area contributed by atoms with Crippen molar-refractivity contribution >= 4 is 23.0 Å². The predicted octanol–water partition coefficient (Wildman–Crippen LogP) is 6.01. The molecule has 1 aromatic carbocycles. The van der Waals surface area contributed by atoms with Crippen molar-refractivity contribution in [3.63, 3.8) is 0 Å². The van der Waals surface area contributed by atoms with Crippen LogP contribution in [-0.4, -0.2) is 15.9 Å². The molecule has 0 saturated carbocycles. The van der Waals surface area contributed by atoms with Crippen molar-refractivity contribution in [2.24, 2.45) is 5.92 Å². The molecular weight excluding hydrogens is 346 g/mol. The maximum Gasteiger partial charge on any atom is 0.169 e. The van der Waals surface area contributed by atoms with Gasteiger partial charge in [-0.3, -0.25) is 9.78 Å². The normalized spacial score (nSPS) is 18.1. The highest BCUT2D eigenvalue weighted by atomic mass is 35.5. The molecule has 4 heteroatoms. The summed E-state index contributed by atoms with van der Waals surface area (Å²) in [5, 5.41) is 11.2. The summed E-state index contributed by atoms with van der Waals surface area (Å²) in [7, 11) is 0. The van der Waals surface area contributed by atoms with E-state index in [1.807, 2.05) is 31.2 Å². The molecule has 1 atom stereocenters. The lowest BCUT2D eigenvalue weighted by molar-refractivity contribution is -0.117. The first-order valence-electron chi connectivity index (χ1n) is 9.26. The molecule has 1 aromatic heterocycles. The molecule has 0 unspecified atom stereocenters. The van der Waals surface area contributed by atoms with Crippen molar-refractivity contribution in [2.75, 3.05) is 0 Å². The highest BCUT2D eigenvalue weighted by molar-refractivity contribution is 6.30. The third-order valence-corrected chi connectivity index (χ3v) is 5.37. The molecule has 0 amide bonds. The summed E-state index contributed by atoms with van der Waals surface area (Å²) in [6, 6.07) is 9.69. The van der Waals surface area contributed by atoms with E-state index in [4.69, 9.17) is 11.6 Å². The van der Waals surface area contributed by atoms with Gasteiger partial charge >= 0.3 is 0 Å². The first-order chi connectivity index (χ1) is 12.5. The van der Waals surface area contributed by atoms with Gasteiger partial charge in [-0.1, -0.05) is 37.6 Å². The molecule has 0 spiro atoms. The number of Topliss-reactive ketones (excluding diaryl/α,β-unsaturated/α-hetero) is 1. The summed E-state index contributed by atoms with van der Waals surface area (Å²) in [4.78, 5) is 17.5. The van der Waals surface area contributed by atoms with Gasteiger partial charge in [0.05, 0.1) is 16.3 Å². The standard InChI is InChI=1S/C22H24ClNO2/c1-3-14-8-9-16(19-11-10-17(23)13-24-19)12-18(14)21-20(25)7-5-6-15(4-2)22(21)26/h8-13,15,25H,3-7H2,1-2H3/t15-/m0/s1. The molecule has 0 fully saturated rings. The van der Waals surface area contributed by atoms with E-state index in [1.54, 1.807) is 12.3 Å². The van der Waals surface area contributed by atoms with E-state index in [0.29, 0.717) is 17.0 Å². The molecule has 0 saturated heterocycles. The highest BCUT2D eigenvalue weighted by Gasteiger charge is 2.29. The van der Waals surface area contributed by atoms with Crippen LogP contribution >= 0.6 is 11.6 Å². The number of aliphatic hydroxyl groups excluding tert-OH is 1. The van der Waals surface area contributed by atoms with Crippen molar-refractivity contribution in [2.45, 2.75) is 46.0 Å². The third-order valence-electron chi connectivity index (χ3n) is 5.15. The number of halogens is 1. The molecule has 0 aliphatic heterocycles. The molecule has 1 aliphatic carbocycles. The van der Waals surface area contributed by atoms with Crippen molar-refractivity contribution < 1.29 is 9.90 Å². The maximum atomic E-state index is 13.1. The molecule has 136 valence electrons. The van der Waals surface area contributed by atoms with Crippen LogP contribution in [-0.2, 0) is 11.2 Å². The first kappa shape index (κ1) is 18.7. The fourth-order valence-electron chi connectivity index (χ4n) is 3.62. The molecular formula is C22H24ClNO2. The number of hydrogen-bond donors (Lipinski definition) is 1. The number of aryl methyl sites for hydroxylation is 1. The zero-order valence-corrected chi connectivity index (χ0v) is 16.0. The van der Waals surface area contributed by atoms with Gasteiger partial charge in [0.25, 0.3) is 0 Å². The Kier molecular flexibility index (Phi) is 5.77. The Bertz CT molecular complexity index is 840. The van der Waals surface area contributed by atoms with Crippen LogP contribution in [0.3, 0.4) is 0 Å². The molecule has 0 bridgehead atoms. The number of allylic oxidation sites excluding steroid dienone is 2. The Labute approximate surface area is 159 Å². The van der Waals surface area contributed by atoms with Gasteiger partial charge in [0.1, 0.15) is 5.76 Å². The summed E-state index contributed by atoms with van der Waals surface area (Å²) < 4.78 is 0. The van der Waals surface area contributed by atoms with E-state index in [0.717, 1.165) is 48.1 Å². The third kappa shape index (κ3) is 3.68. The second-order valence-electron chi connectivity index (χ2n) is 6.77. The Balaban J connectivity index is 2.14. The van der Waals surface area contributed by atoms with Gasteiger partial charge < -0.3 is 5.11 Å². The van der Waals surface area contributed by atoms with Gasteiger partial charge in [0.15, 0.2) is 5.78 Å². The summed E-state index contributed by atoms with van der Waals surface area (Å²) >= 11 is 5.94. The zero-order chi connectivity index (χ0) is 18.7. The number of pyridine rings is 1. The van der Waals surface area contributed by atoms with E-state index in [1.165, 1.54) is 0 Å². The van der Waals surface area contributed by atoms with Crippen LogP contribution in [0.15, 0.2) is 42.3 Å². The lowest BCUT2D eigenvalue weighted by Gasteiger charge is -2.17. The fourth-order valence-corrected chi connectivity index (χ4v) is 3.73. The maximum absolute atomic E-state index is 13.1. The van der Waals surface area contributed by atoms with Gasteiger partial charge in [-0.25, -0.2) is 0 Å². The van der Waals surface area contributed by atoms with Crippen LogP contribution in [0.5, 0.6) is 0 Å². The van der Waals surface area contributed by atoms with E-state index in [-0.39, 0.29) is 17.5 Å². The second-order valence-corrected chi connectivity index (χ2v) is 7.21. The molecule has 3 nitrogen and oxygen atoms in total. The lowest BCUT2D eigenvalue weighted by atomic mass is 9.86. The van der Waals surface area contributed by atoms with Crippen LogP contribution in [0.2, 0.25) is 5.02 Å². The van der Waals surface area contributed by atoms with Crippen molar-refractivity contribution in [1.82, 2.24) is 4.98 Å². The smallest absolute Gasteiger partial charge is 0.169 e. The minimum absolute atomic E-state index is 0.0170. The number of carbonyl (C=O) groups excluding carboxylic acids is 1. The largest absolute Gasteiger partial charge is 0.512 e. The van der Waals surface area contributed by atoms with Crippen molar-refractivity contribution in [1.29, 1.82) is 0 Å². The highest BCUT2D eigenvalue weighted by Crippen LogP contribution is 2.35. The number of nitrogens with zero attached hydrogens (tertiary/aromatic N) is 1. The average Bonchev–Trinajstić information content (AvgIpc) is 2.79. The van der Waals surface area contributed by atoms with Crippen molar-refractivity contribution in [3.05, 3.63) is 58.4 Å². The van der Waals surface area contributed by atoms with Gasteiger partial charge in [0.2, 0.25) is 0 Å². The topological polar surface area (TPSA) is 50.2 Å². The van der Waals surface area contributed by atoms with Crippen LogP contribution in [0.4, 0.5) is 0 Å². The Morgan fingerprint density at radius 1 is 1.23 bits per heavy atom. The number of rotatable bonds is 4. The van der Waals surface area contributed by atoms with Crippen LogP contribution in [0, 0.1) is 5.92 Å². The Morgan fingerprint density at radius 3 is 2.69 bits per heavy atom. The molecule has 1 heterocycles. The molecule has 26 heavy (non-hydrogen) atoms. The second kappa shape index (κ2) is 8.05. The van der Waals surface area contributed by atoms with Crippen LogP contribution < -0.4 is 0 Å². The van der Waals surface area contributed by atoms with E-state index < -0.39 is 0 Å². The first-order valence-corrected chi connectivity index (χ1v) is 9.64. The van der Waals surface area contributed by atoms with Gasteiger partial charge in [-0.2, -0.15) is 0 Å². The van der Waals surface area contributed by atoms with E-state index in [9.17, 15) is 9.90 Å². The van der Waals surface area contributed by atoms with E-state index in [2.05, 4.69) is 11.9 Å². The number of benzene rings is 1. The minimum atomic E-state index is -0.0170. The Morgan fingerprint density at radius 2 is 2.04 bits per heavy atom. The Hall–Kier alpha value is -2.13. The number of aromatic nitrogens is 1. The lowest BCUT2D eigenvalue weighted by Crippen LogP contribution is -2.15. The summed E-state index contributed by atoms with van der Waals surface area (Å²) in [5.74, 6) is 0.275. The zero-order valence-electron chi connectivity index (χ0n) is 15.3. The monoisotopic (exact) mass is 369 g/mol. The molecule has 1 aliphatic rings. The average molecular weight is 370 g/mol. The van der Waals surface area contributed by atoms with E-state index >= 15 is 0 Å². The van der Waals surface area contributed by atoms with Gasteiger partial charge in [-0.05, 0) is 55.0 Å². The number of ketones is 1. The van der Waals surface area contributed by atoms with Gasteiger partial charge in [0, 0.05) is 24.1 Å². The van der Waals surface area contributed by atoms with Crippen LogP contribution in [0.1, 0.15) is 50.7 Å². The number of aliphatic hydroxyl groups is 1. The molecule has 1 N–H and O–H groups in total. The number of hydrogen-bond acceptors (Lipinski definition) is 3. The quantitative estimate of drug-likeness (QED) is 0.717. The summed E-state index contributed by atoms with van der Waals surface area (Å²) in [5.41, 5.74) is 4.12. The SMILES string of the molecule is CCc1ccc(-c2ccc(Cl)cn2)cc1C1=C(O)CCC[C@H](CC)C1=O. The molecule has 0 radical (unpaired) electrons. The number of carbonyl (C=O) groups is 1.